The van der Waals surface area contributed by atoms with E-state index in [1.54, 1.807) is 12.4 Å². The van der Waals surface area contributed by atoms with Crippen molar-refractivity contribution in [3.63, 3.8) is 0 Å². The van der Waals surface area contributed by atoms with Crippen LogP contribution in [0.2, 0.25) is 0 Å². The summed E-state index contributed by atoms with van der Waals surface area (Å²) in [6.45, 7) is 0. The molecule has 3 rings (SSSR count). The molecule has 0 amide bonds. The van der Waals surface area contributed by atoms with Crippen molar-refractivity contribution in [2.24, 2.45) is 7.05 Å². The van der Waals surface area contributed by atoms with Gasteiger partial charge in [-0.2, -0.15) is 0 Å². The molecule has 2 heterocycles. The highest BCUT2D eigenvalue weighted by Crippen LogP contribution is 2.21. The normalized spacial score (nSPS) is 10.7. The number of imidazole rings is 1. The molecule has 18 heavy (non-hydrogen) atoms. The molecular weight excluding hydrogens is 228 g/mol. The Morgan fingerprint density at radius 1 is 1.17 bits per heavy atom. The van der Waals surface area contributed by atoms with Crippen molar-refractivity contribution in [1.82, 2.24) is 19.5 Å². The van der Waals surface area contributed by atoms with Crippen LogP contribution in [-0.2, 0) is 7.05 Å². The van der Waals surface area contributed by atoms with E-state index in [0.717, 1.165) is 22.3 Å². The number of benzene rings is 1. The van der Waals surface area contributed by atoms with E-state index in [1.165, 1.54) is 6.33 Å². The Morgan fingerprint density at radius 3 is 2.89 bits per heavy atom. The van der Waals surface area contributed by atoms with Crippen molar-refractivity contribution >= 4 is 17.3 Å². The van der Waals surface area contributed by atoms with Crippen LogP contribution < -0.4 is 0 Å². The topological polar surface area (TPSA) is 60.7 Å². The molecule has 0 atom stereocenters. The number of nitrogens with zero attached hydrogens (tertiary/aromatic N) is 4. The second-order valence-electron chi connectivity index (χ2n) is 4.00. The fourth-order valence-electron chi connectivity index (χ4n) is 1.89. The molecule has 0 aliphatic heterocycles. The highest BCUT2D eigenvalue weighted by Gasteiger charge is 2.05. The number of aldehydes is 1. The lowest BCUT2D eigenvalue weighted by molar-refractivity contribution is 0.111. The van der Waals surface area contributed by atoms with Gasteiger partial charge in [0, 0.05) is 12.6 Å². The molecule has 0 aliphatic rings. The number of hydrogen-bond acceptors (Lipinski definition) is 4. The van der Waals surface area contributed by atoms with Gasteiger partial charge in [-0.1, -0.05) is 6.07 Å². The van der Waals surface area contributed by atoms with E-state index < -0.39 is 0 Å². The largest absolute Gasteiger partial charge is 0.334 e. The zero-order valence-electron chi connectivity index (χ0n) is 9.74. The summed E-state index contributed by atoms with van der Waals surface area (Å²) in [7, 11) is 1.95. The van der Waals surface area contributed by atoms with Gasteiger partial charge in [0.25, 0.3) is 0 Å². The van der Waals surface area contributed by atoms with Crippen LogP contribution in [-0.4, -0.2) is 25.8 Å². The van der Waals surface area contributed by atoms with Gasteiger partial charge in [0.05, 0.1) is 23.1 Å². The van der Waals surface area contributed by atoms with Crippen molar-refractivity contribution < 1.29 is 4.79 Å². The summed E-state index contributed by atoms with van der Waals surface area (Å²) in [5.74, 6) is 0. The standard InChI is InChI=1S/C13H10N4O/c1-17-8-16-12-4-9(2-3-13(12)17)11-5-10(6-18)14-7-15-11/h2-8H,1H3. The first-order valence-corrected chi connectivity index (χ1v) is 5.46. The van der Waals surface area contributed by atoms with Crippen LogP contribution in [0.5, 0.6) is 0 Å². The fourth-order valence-corrected chi connectivity index (χ4v) is 1.89. The first-order chi connectivity index (χ1) is 8.78. The fraction of sp³-hybridized carbons (Fsp3) is 0.0769. The maximum absolute atomic E-state index is 10.7. The van der Waals surface area contributed by atoms with Gasteiger partial charge in [-0.05, 0) is 18.2 Å². The van der Waals surface area contributed by atoms with Gasteiger partial charge < -0.3 is 4.57 Å². The molecule has 5 heteroatoms. The Hall–Kier alpha value is -2.56. The Bertz CT molecular complexity index is 733. The summed E-state index contributed by atoms with van der Waals surface area (Å²) in [5, 5.41) is 0. The molecule has 0 saturated heterocycles. The molecule has 2 aromatic heterocycles. The van der Waals surface area contributed by atoms with E-state index in [9.17, 15) is 4.79 Å². The highest BCUT2D eigenvalue weighted by atomic mass is 16.1. The molecule has 0 fully saturated rings. The molecule has 0 spiro atoms. The minimum Gasteiger partial charge on any atom is -0.334 e. The quantitative estimate of drug-likeness (QED) is 0.639. The maximum atomic E-state index is 10.7. The van der Waals surface area contributed by atoms with E-state index in [1.807, 2.05) is 29.8 Å². The molecule has 0 radical (unpaired) electrons. The zero-order chi connectivity index (χ0) is 12.5. The summed E-state index contributed by atoms with van der Waals surface area (Å²) >= 11 is 0. The SMILES string of the molecule is Cn1cnc2cc(-c3cc(C=O)ncn3)ccc21. The first kappa shape index (κ1) is 10.6. The number of hydrogen-bond donors (Lipinski definition) is 0. The third kappa shape index (κ3) is 1.66. The van der Waals surface area contributed by atoms with E-state index in [-0.39, 0.29) is 0 Å². The third-order valence-corrected chi connectivity index (χ3v) is 2.83. The monoisotopic (exact) mass is 238 g/mol. The van der Waals surface area contributed by atoms with Crippen LogP contribution in [0.4, 0.5) is 0 Å². The minimum atomic E-state index is 0.376. The number of fused-ring (bicyclic) bond motifs is 1. The first-order valence-electron chi connectivity index (χ1n) is 5.46. The Labute approximate surface area is 103 Å². The lowest BCUT2D eigenvalue weighted by atomic mass is 10.1. The predicted octanol–water partition coefficient (Wildman–Crippen LogP) is 1.84. The lowest BCUT2D eigenvalue weighted by Crippen LogP contribution is -1.91. The minimum absolute atomic E-state index is 0.376. The maximum Gasteiger partial charge on any atom is 0.168 e. The molecular formula is C13H10N4O. The van der Waals surface area contributed by atoms with Gasteiger partial charge in [-0.15, -0.1) is 0 Å². The number of aryl methyl sites for hydroxylation is 1. The van der Waals surface area contributed by atoms with Gasteiger partial charge in [0.15, 0.2) is 6.29 Å². The van der Waals surface area contributed by atoms with Gasteiger partial charge in [0.2, 0.25) is 0 Å². The van der Waals surface area contributed by atoms with E-state index in [2.05, 4.69) is 15.0 Å². The van der Waals surface area contributed by atoms with Crippen molar-refractivity contribution in [3.8, 4) is 11.3 Å². The Balaban J connectivity index is 2.15. The average molecular weight is 238 g/mol. The van der Waals surface area contributed by atoms with Crippen LogP contribution in [0.3, 0.4) is 0 Å². The van der Waals surface area contributed by atoms with Crippen molar-refractivity contribution in [2.75, 3.05) is 0 Å². The van der Waals surface area contributed by atoms with Crippen molar-refractivity contribution in [2.45, 2.75) is 0 Å². The molecule has 0 unspecified atom stereocenters. The van der Waals surface area contributed by atoms with Crippen LogP contribution >= 0.6 is 0 Å². The second-order valence-corrected chi connectivity index (χ2v) is 4.00. The Kier molecular flexibility index (Phi) is 2.37. The van der Waals surface area contributed by atoms with Crippen LogP contribution in [0.25, 0.3) is 22.3 Å². The molecule has 0 N–H and O–H groups in total. The molecule has 0 saturated carbocycles. The molecule has 0 bridgehead atoms. The summed E-state index contributed by atoms with van der Waals surface area (Å²) in [5.41, 5.74) is 3.98. The molecule has 5 nitrogen and oxygen atoms in total. The lowest BCUT2D eigenvalue weighted by Gasteiger charge is -2.01. The molecule has 3 aromatic rings. The van der Waals surface area contributed by atoms with Gasteiger partial charge in [0.1, 0.15) is 12.0 Å². The van der Waals surface area contributed by atoms with Gasteiger partial charge in [-0.25, -0.2) is 15.0 Å². The van der Waals surface area contributed by atoms with E-state index in [0.29, 0.717) is 12.0 Å². The molecule has 0 aliphatic carbocycles. The number of carbonyl (C=O) groups is 1. The smallest absolute Gasteiger partial charge is 0.168 e. The average Bonchev–Trinajstić information content (AvgIpc) is 2.80. The number of rotatable bonds is 2. The van der Waals surface area contributed by atoms with Crippen LogP contribution in [0.15, 0.2) is 36.9 Å². The van der Waals surface area contributed by atoms with Crippen molar-refractivity contribution in [3.05, 3.63) is 42.6 Å². The summed E-state index contributed by atoms with van der Waals surface area (Å²) < 4.78 is 1.95. The van der Waals surface area contributed by atoms with Crippen LogP contribution in [0, 0.1) is 0 Å². The van der Waals surface area contributed by atoms with Crippen LogP contribution in [0.1, 0.15) is 10.5 Å². The summed E-state index contributed by atoms with van der Waals surface area (Å²) in [4.78, 5) is 23.0. The van der Waals surface area contributed by atoms with E-state index >= 15 is 0 Å². The summed E-state index contributed by atoms with van der Waals surface area (Å²) in [6.07, 6.45) is 3.87. The summed E-state index contributed by atoms with van der Waals surface area (Å²) in [6, 6.07) is 7.56. The molecule has 1 aromatic carbocycles. The van der Waals surface area contributed by atoms with Crippen molar-refractivity contribution in [1.29, 1.82) is 0 Å². The number of carbonyl (C=O) groups excluding carboxylic acids is 1. The van der Waals surface area contributed by atoms with Gasteiger partial charge in [-0.3, -0.25) is 4.79 Å². The Morgan fingerprint density at radius 2 is 2.06 bits per heavy atom. The third-order valence-electron chi connectivity index (χ3n) is 2.83. The predicted molar refractivity (Wildman–Crippen MR) is 67.1 cm³/mol. The van der Waals surface area contributed by atoms with E-state index in [4.69, 9.17) is 0 Å². The number of aromatic nitrogens is 4. The second kappa shape index (κ2) is 4.03. The zero-order valence-corrected chi connectivity index (χ0v) is 9.74. The molecule has 88 valence electrons. The van der Waals surface area contributed by atoms with Gasteiger partial charge >= 0.3 is 0 Å². The highest BCUT2D eigenvalue weighted by molar-refractivity contribution is 5.82.